The number of thioether (sulfide) groups is 1. The molecule has 0 saturated carbocycles. The molecule has 7 nitrogen and oxygen atoms in total. The Morgan fingerprint density at radius 2 is 2.03 bits per heavy atom. The smallest absolute Gasteiger partial charge is 0.420 e. The van der Waals surface area contributed by atoms with Gasteiger partial charge in [0.2, 0.25) is 0 Å². The average molecular weight is 551 g/mol. The first kappa shape index (κ1) is 24.7. The van der Waals surface area contributed by atoms with Crippen LogP contribution in [-0.4, -0.2) is 50.7 Å². The third kappa shape index (κ3) is 5.70. The summed E-state index contributed by atoms with van der Waals surface area (Å²) in [5, 5.41) is 22.4. The molecule has 0 fully saturated rings. The molecule has 32 heavy (non-hydrogen) atoms. The first-order chi connectivity index (χ1) is 15.2. The topological polar surface area (TPSA) is 96.6 Å². The normalized spacial score (nSPS) is 12.7. The van der Waals surface area contributed by atoms with Crippen molar-refractivity contribution >= 4 is 61.9 Å². The predicted molar refractivity (Wildman–Crippen MR) is 123 cm³/mol. The molecule has 0 saturated heterocycles. The summed E-state index contributed by atoms with van der Waals surface area (Å²) in [7, 11) is 0. The minimum atomic E-state index is -3.82. The number of imidazole rings is 1. The summed E-state index contributed by atoms with van der Waals surface area (Å²) in [5.41, 5.74) is -1.90. The fourth-order valence-electron chi connectivity index (χ4n) is 3.17. The van der Waals surface area contributed by atoms with Crippen LogP contribution < -0.4 is 10.1 Å². The molecule has 0 unspecified atom stereocenters. The molecular weight excluding hydrogens is 532 g/mol. The number of rotatable bonds is 9. The lowest BCUT2D eigenvalue weighted by molar-refractivity contribution is -0.0964. The number of aliphatic hydroxyl groups is 2. The van der Waals surface area contributed by atoms with Crippen LogP contribution >= 0.6 is 39.3 Å². The van der Waals surface area contributed by atoms with Crippen molar-refractivity contribution in [3.8, 4) is 5.75 Å². The maximum Gasteiger partial charge on any atom is 0.487 e. The highest BCUT2D eigenvalue weighted by Crippen LogP contribution is 2.34. The van der Waals surface area contributed by atoms with Gasteiger partial charge in [-0.1, -0.05) is 11.8 Å². The second kappa shape index (κ2) is 10.3. The fraction of sp³-hybridized carbons (Fsp3) is 0.300. The van der Waals surface area contributed by atoms with Gasteiger partial charge in [-0.25, -0.2) is 4.98 Å². The van der Waals surface area contributed by atoms with Crippen molar-refractivity contribution in [1.29, 1.82) is 0 Å². The number of carbonyl (C=O) groups is 1. The van der Waals surface area contributed by atoms with Crippen molar-refractivity contribution in [2.45, 2.75) is 23.2 Å². The van der Waals surface area contributed by atoms with Crippen LogP contribution in [0.4, 0.5) is 14.5 Å². The fourth-order valence-corrected chi connectivity index (χ4v) is 4.53. The summed E-state index contributed by atoms with van der Waals surface area (Å²) in [6, 6.07) is 8.20. The van der Waals surface area contributed by atoms with Crippen LogP contribution in [0.3, 0.4) is 0 Å². The van der Waals surface area contributed by atoms with Gasteiger partial charge in [0.05, 0.1) is 23.7 Å². The van der Waals surface area contributed by atoms with Crippen molar-refractivity contribution in [2.24, 2.45) is 0 Å². The zero-order valence-corrected chi connectivity index (χ0v) is 19.8. The van der Waals surface area contributed by atoms with E-state index >= 15 is 0 Å². The average Bonchev–Trinajstić information content (AvgIpc) is 3.11. The van der Waals surface area contributed by atoms with Gasteiger partial charge in [0.25, 0.3) is 5.91 Å². The van der Waals surface area contributed by atoms with Crippen molar-refractivity contribution in [3.05, 3.63) is 46.4 Å². The van der Waals surface area contributed by atoms with Gasteiger partial charge in [-0.2, -0.15) is 0 Å². The summed E-state index contributed by atoms with van der Waals surface area (Å²) in [5.74, 6) is -0.582. The third-order valence-corrected chi connectivity index (χ3v) is 5.87. The number of fused-ring (bicyclic) bond motifs is 1. The van der Waals surface area contributed by atoms with Crippen molar-refractivity contribution in [3.63, 3.8) is 0 Å². The lowest BCUT2D eigenvalue weighted by Gasteiger charge is -2.18. The molecule has 0 aliphatic rings. The highest BCUT2D eigenvalue weighted by atomic mass is 79.9. The van der Waals surface area contributed by atoms with Crippen LogP contribution in [0.5, 0.6) is 5.75 Å². The van der Waals surface area contributed by atoms with Crippen molar-refractivity contribution in [1.82, 2.24) is 9.55 Å². The zero-order valence-electron chi connectivity index (χ0n) is 16.7. The van der Waals surface area contributed by atoms with Crippen LogP contribution in [0, 0.1) is 0 Å². The van der Waals surface area contributed by atoms with Gasteiger partial charge in [0, 0.05) is 33.9 Å². The summed E-state index contributed by atoms with van der Waals surface area (Å²) in [6.07, 6.45) is 2.19. The molecule has 1 heterocycles. The number of aromatic nitrogens is 2. The van der Waals surface area contributed by atoms with E-state index < -0.39 is 11.5 Å². The van der Waals surface area contributed by atoms with Gasteiger partial charge in [-0.05, 0) is 65.0 Å². The van der Waals surface area contributed by atoms with E-state index in [1.54, 1.807) is 12.1 Å². The Morgan fingerprint density at radius 3 is 2.59 bits per heavy atom. The Morgan fingerprint density at radius 1 is 1.34 bits per heavy atom. The number of anilines is 1. The number of carbonyl (C=O) groups excluding carboxylic acids is 1. The van der Waals surface area contributed by atoms with Crippen LogP contribution in [0.2, 0.25) is 0 Å². The standard InChI is InChI=1S/C20H19BrClF2N3O4S/c1-32-19-26-16-9-11(8-15(21)17(16)27(19)13(10-29)6-7-28)18(30)25-12-2-4-14(5-3-12)31-20(22,23)24/h2-5,8-9,13,28-29H,6-7,10H2,1H3,(H,25,30)/t13-/m0/s1. The third-order valence-electron chi connectivity index (χ3n) is 4.54. The summed E-state index contributed by atoms with van der Waals surface area (Å²) in [6.45, 7) is -0.271. The molecular formula is C20H19BrClF2N3O4S. The second-order valence-corrected chi connectivity index (χ2v) is 8.74. The first-order valence-electron chi connectivity index (χ1n) is 9.31. The lowest BCUT2D eigenvalue weighted by Crippen LogP contribution is -2.16. The minimum absolute atomic E-state index is 0.0941. The number of hydrogen-bond donors (Lipinski definition) is 3. The maximum atomic E-state index is 12.8. The second-order valence-electron chi connectivity index (χ2n) is 6.67. The Labute approximate surface area is 199 Å². The molecule has 3 aromatic rings. The molecule has 172 valence electrons. The molecule has 2 aromatic carbocycles. The van der Waals surface area contributed by atoms with E-state index in [1.165, 1.54) is 36.0 Å². The molecule has 0 spiro atoms. The number of aliphatic hydroxyl groups excluding tert-OH is 2. The van der Waals surface area contributed by atoms with Crippen molar-refractivity contribution < 1.29 is 28.5 Å². The zero-order chi connectivity index (χ0) is 23.5. The highest BCUT2D eigenvalue weighted by Gasteiger charge is 2.27. The monoisotopic (exact) mass is 549 g/mol. The molecule has 1 atom stereocenters. The molecule has 1 amide bonds. The summed E-state index contributed by atoms with van der Waals surface area (Å²) >= 11 is 9.61. The number of halogens is 4. The number of benzene rings is 2. The summed E-state index contributed by atoms with van der Waals surface area (Å²) < 4.78 is 32.1. The van der Waals surface area contributed by atoms with Crippen LogP contribution in [0.25, 0.3) is 11.0 Å². The largest absolute Gasteiger partial charge is 0.487 e. The van der Waals surface area contributed by atoms with Gasteiger partial charge in [0.15, 0.2) is 5.16 Å². The van der Waals surface area contributed by atoms with Crippen LogP contribution in [0.15, 0.2) is 46.0 Å². The van der Waals surface area contributed by atoms with Crippen LogP contribution in [-0.2, 0) is 0 Å². The molecule has 0 bridgehead atoms. The number of alkyl halides is 3. The lowest BCUT2D eigenvalue weighted by atomic mass is 10.1. The highest BCUT2D eigenvalue weighted by molar-refractivity contribution is 9.10. The van der Waals surface area contributed by atoms with E-state index in [4.69, 9.17) is 11.6 Å². The molecule has 0 aliphatic heterocycles. The van der Waals surface area contributed by atoms with E-state index in [0.29, 0.717) is 38.3 Å². The predicted octanol–water partition coefficient (Wildman–Crippen LogP) is 4.86. The van der Waals surface area contributed by atoms with Gasteiger partial charge in [-0.15, -0.1) is 8.78 Å². The molecule has 3 rings (SSSR count). The molecule has 0 aliphatic carbocycles. The van der Waals surface area contributed by atoms with Gasteiger partial charge < -0.3 is 24.8 Å². The number of ether oxygens (including phenoxy) is 1. The van der Waals surface area contributed by atoms with E-state index in [9.17, 15) is 23.8 Å². The van der Waals surface area contributed by atoms with Crippen LogP contribution in [0.1, 0.15) is 22.8 Å². The van der Waals surface area contributed by atoms with Crippen molar-refractivity contribution in [2.75, 3.05) is 24.8 Å². The summed E-state index contributed by atoms with van der Waals surface area (Å²) in [4.78, 5) is 17.3. The van der Waals surface area contributed by atoms with Gasteiger partial charge in [-0.3, -0.25) is 4.79 Å². The molecule has 1 aromatic heterocycles. The van der Waals surface area contributed by atoms with E-state index in [0.717, 1.165) is 0 Å². The van der Waals surface area contributed by atoms with E-state index in [1.807, 2.05) is 10.8 Å². The first-order valence-corrected chi connectivity index (χ1v) is 11.7. The van der Waals surface area contributed by atoms with E-state index in [2.05, 4.69) is 31.0 Å². The molecule has 3 N–H and O–H groups in total. The number of nitrogens with zero attached hydrogens (tertiary/aromatic N) is 2. The number of hydrogen-bond acceptors (Lipinski definition) is 6. The Hall–Kier alpha value is -1.92. The Bertz CT molecular complexity index is 1110. The minimum Gasteiger partial charge on any atom is -0.420 e. The quantitative estimate of drug-likeness (QED) is 0.260. The Kier molecular flexibility index (Phi) is 7.99. The maximum absolute atomic E-state index is 12.8. The number of nitrogens with one attached hydrogen (secondary N) is 1. The van der Waals surface area contributed by atoms with Gasteiger partial charge in [0.1, 0.15) is 5.75 Å². The molecule has 12 heteroatoms. The molecule has 0 radical (unpaired) electrons. The Balaban J connectivity index is 1.88. The van der Waals surface area contributed by atoms with E-state index in [-0.39, 0.29) is 25.0 Å². The number of amides is 1. The SMILES string of the molecule is CSc1nc2cc(C(=O)Nc3ccc(OC(F)(F)Cl)cc3)cc(Br)c2n1[C@H](CO)CCO. The van der Waals surface area contributed by atoms with Gasteiger partial charge >= 0.3 is 5.57 Å².